The van der Waals surface area contributed by atoms with Gasteiger partial charge in [-0.2, -0.15) is 0 Å². The van der Waals surface area contributed by atoms with Crippen LogP contribution in [-0.2, 0) is 11.3 Å². The van der Waals surface area contributed by atoms with Crippen LogP contribution in [0.5, 0.6) is 0 Å². The molecule has 1 fully saturated rings. The molecule has 4 heteroatoms. The van der Waals surface area contributed by atoms with Crippen molar-refractivity contribution in [2.75, 3.05) is 11.9 Å². The summed E-state index contributed by atoms with van der Waals surface area (Å²) in [6.45, 7) is 0.542. The third-order valence-corrected chi connectivity index (χ3v) is 3.64. The highest BCUT2D eigenvalue weighted by molar-refractivity contribution is 9.09. The van der Waals surface area contributed by atoms with Crippen molar-refractivity contribution in [1.82, 2.24) is 0 Å². The molecule has 1 aromatic carbocycles. The topological polar surface area (TPSA) is 9.23 Å². The molecule has 0 unspecified atom stereocenters. The van der Waals surface area contributed by atoms with Gasteiger partial charge in [-0.15, -0.1) is 0 Å². The molecule has 0 spiro atoms. The second-order valence-corrected chi connectivity index (χ2v) is 4.69. The maximum absolute atomic E-state index is 13.1. The lowest BCUT2D eigenvalue weighted by Crippen LogP contribution is -2.03. The smallest absolute Gasteiger partial charge is 0.257 e. The Morgan fingerprint density at radius 2 is 1.88 bits per heavy atom. The van der Waals surface area contributed by atoms with Gasteiger partial charge in [-0.3, -0.25) is 0 Å². The van der Waals surface area contributed by atoms with E-state index in [-0.39, 0.29) is 6.61 Å². The van der Waals surface area contributed by atoms with Crippen molar-refractivity contribution in [1.29, 1.82) is 0 Å². The van der Waals surface area contributed by atoms with Gasteiger partial charge in [0.15, 0.2) is 0 Å². The molecule has 1 nitrogen and oxygen atoms in total. The number of halogens is 3. The number of hydrogen-bond donors (Lipinski definition) is 0. The molecule has 0 N–H and O–H groups in total. The first-order chi connectivity index (χ1) is 7.66. The van der Waals surface area contributed by atoms with Crippen LogP contribution < -0.4 is 0 Å². The average Bonchev–Trinajstić information content (AvgIpc) is 2.81. The zero-order valence-electron chi connectivity index (χ0n) is 8.70. The van der Waals surface area contributed by atoms with Crippen LogP contribution in [0.1, 0.15) is 5.56 Å². The van der Waals surface area contributed by atoms with E-state index in [9.17, 15) is 8.78 Å². The molecule has 0 radical (unpaired) electrons. The van der Waals surface area contributed by atoms with Gasteiger partial charge in [-0.05, 0) is 5.56 Å². The monoisotopic (exact) mass is 290 g/mol. The van der Waals surface area contributed by atoms with Crippen molar-refractivity contribution in [2.24, 2.45) is 11.8 Å². The van der Waals surface area contributed by atoms with Crippen LogP contribution in [-0.4, -0.2) is 17.9 Å². The third-order valence-electron chi connectivity index (χ3n) is 2.94. The Balaban J connectivity index is 1.74. The quantitative estimate of drug-likeness (QED) is 0.755. The summed E-state index contributed by atoms with van der Waals surface area (Å²) in [7, 11) is 0. The molecule has 0 heterocycles. The second kappa shape index (κ2) is 4.80. The SMILES string of the molecule is FC1(F)[C@H](COCc2ccccc2)[C@@H]1CBr. The zero-order chi connectivity index (χ0) is 11.6. The maximum atomic E-state index is 13.1. The van der Waals surface area contributed by atoms with Crippen LogP contribution in [0.4, 0.5) is 8.78 Å². The number of ether oxygens (including phenoxy) is 1. The molecule has 88 valence electrons. The molecule has 1 aliphatic carbocycles. The van der Waals surface area contributed by atoms with Crippen molar-refractivity contribution >= 4 is 15.9 Å². The molecule has 2 atom stereocenters. The minimum atomic E-state index is -2.54. The van der Waals surface area contributed by atoms with Gasteiger partial charge in [0.2, 0.25) is 0 Å². The minimum absolute atomic E-state index is 0.137. The summed E-state index contributed by atoms with van der Waals surface area (Å²) in [5.74, 6) is -3.71. The van der Waals surface area contributed by atoms with E-state index in [0.29, 0.717) is 11.9 Å². The predicted molar refractivity (Wildman–Crippen MR) is 61.8 cm³/mol. The maximum Gasteiger partial charge on any atom is 0.257 e. The fourth-order valence-corrected chi connectivity index (χ4v) is 2.66. The number of benzene rings is 1. The van der Waals surface area contributed by atoms with Crippen LogP contribution in [0.2, 0.25) is 0 Å². The standard InChI is InChI=1S/C12H13BrF2O/c13-6-10-11(12(10,14)15)8-16-7-9-4-2-1-3-5-9/h1-5,10-11H,6-8H2/t10-,11+/m0/s1. The molecule has 0 amide bonds. The van der Waals surface area contributed by atoms with Gasteiger partial charge in [0.1, 0.15) is 0 Å². The third kappa shape index (κ3) is 2.43. The van der Waals surface area contributed by atoms with E-state index in [1.165, 1.54) is 0 Å². The summed E-state index contributed by atoms with van der Waals surface area (Å²) < 4.78 is 31.5. The van der Waals surface area contributed by atoms with E-state index in [2.05, 4.69) is 15.9 Å². The molecule has 0 aromatic heterocycles. The summed E-state index contributed by atoms with van der Waals surface area (Å²) in [5.41, 5.74) is 1.02. The summed E-state index contributed by atoms with van der Waals surface area (Å²) >= 11 is 3.09. The highest BCUT2D eigenvalue weighted by atomic mass is 79.9. The first-order valence-corrected chi connectivity index (χ1v) is 6.34. The van der Waals surface area contributed by atoms with Crippen molar-refractivity contribution in [3.63, 3.8) is 0 Å². The van der Waals surface area contributed by atoms with E-state index < -0.39 is 17.8 Å². The molecular weight excluding hydrogens is 278 g/mol. The van der Waals surface area contributed by atoms with E-state index in [0.717, 1.165) is 5.56 Å². The highest BCUT2D eigenvalue weighted by Gasteiger charge is 2.67. The molecule has 0 aliphatic heterocycles. The molecule has 0 bridgehead atoms. The molecule has 1 aliphatic rings. The lowest BCUT2D eigenvalue weighted by Gasteiger charge is -2.03. The summed E-state index contributed by atoms with van der Waals surface area (Å²) in [5, 5.41) is 0.347. The molecule has 16 heavy (non-hydrogen) atoms. The second-order valence-electron chi connectivity index (χ2n) is 4.04. The van der Waals surface area contributed by atoms with E-state index >= 15 is 0 Å². The first-order valence-electron chi connectivity index (χ1n) is 5.21. The molecule has 2 rings (SSSR count). The van der Waals surface area contributed by atoms with E-state index in [1.54, 1.807) is 0 Å². The molecule has 1 aromatic rings. The zero-order valence-corrected chi connectivity index (χ0v) is 10.3. The van der Waals surface area contributed by atoms with Crippen LogP contribution in [0, 0.1) is 11.8 Å². The fraction of sp³-hybridized carbons (Fsp3) is 0.500. The van der Waals surface area contributed by atoms with Crippen molar-refractivity contribution in [3.05, 3.63) is 35.9 Å². The average molecular weight is 291 g/mol. The van der Waals surface area contributed by atoms with Crippen molar-refractivity contribution < 1.29 is 13.5 Å². The van der Waals surface area contributed by atoms with Gasteiger partial charge in [-0.1, -0.05) is 46.3 Å². The number of rotatable bonds is 5. The lowest BCUT2D eigenvalue weighted by molar-refractivity contribution is 0.0468. The van der Waals surface area contributed by atoms with Crippen molar-refractivity contribution in [2.45, 2.75) is 12.5 Å². The Morgan fingerprint density at radius 1 is 1.19 bits per heavy atom. The Hall–Kier alpha value is -0.480. The van der Waals surface area contributed by atoms with Crippen molar-refractivity contribution in [3.8, 4) is 0 Å². The van der Waals surface area contributed by atoms with Crippen LogP contribution in [0.15, 0.2) is 30.3 Å². The van der Waals surface area contributed by atoms with Gasteiger partial charge in [0.05, 0.1) is 19.1 Å². The number of alkyl halides is 3. The van der Waals surface area contributed by atoms with Crippen LogP contribution in [0.3, 0.4) is 0 Å². The summed E-state index contributed by atoms with van der Waals surface area (Å²) in [6, 6.07) is 9.58. The lowest BCUT2D eigenvalue weighted by atomic mass is 10.2. The van der Waals surface area contributed by atoms with Gasteiger partial charge >= 0.3 is 0 Å². The Labute approximate surface area is 102 Å². The van der Waals surface area contributed by atoms with Gasteiger partial charge in [-0.25, -0.2) is 8.78 Å². The molecule has 1 saturated carbocycles. The fourth-order valence-electron chi connectivity index (χ4n) is 1.78. The van der Waals surface area contributed by atoms with Crippen LogP contribution >= 0.6 is 15.9 Å². The Bertz CT molecular complexity index is 342. The van der Waals surface area contributed by atoms with Gasteiger partial charge in [0, 0.05) is 11.2 Å². The number of hydrogen-bond acceptors (Lipinski definition) is 1. The highest BCUT2D eigenvalue weighted by Crippen LogP contribution is 2.55. The molecular formula is C12H13BrF2O. The predicted octanol–water partition coefficient (Wildman–Crippen LogP) is 3.48. The minimum Gasteiger partial charge on any atom is -0.376 e. The van der Waals surface area contributed by atoms with Gasteiger partial charge in [0.25, 0.3) is 5.92 Å². The Morgan fingerprint density at radius 3 is 2.44 bits per heavy atom. The summed E-state index contributed by atoms with van der Waals surface area (Å²) in [6.07, 6.45) is 0. The summed E-state index contributed by atoms with van der Waals surface area (Å²) in [4.78, 5) is 0. The largest absolute Gasteiger partial charge is 0.376 e. The van der Waals surface area contributed by atoms with E-state index in [4.69, 9.17) is 4.74 Å². The first kappa shape index (κ1) is 12.0. The van der Waals surface area contributed by atoms with E-state index in [1.807, 2.05) is 30.3 Å². The molecule has 0 saturated heterocycles. The van der Waals surface area contributed by atoms with Crippen LogP contribution in [0.25, 0.3) is 0 Å². The van der Waals surface area contributed by atoms with Gasteiger partial charge < -0.3 is 4.74 Å². The Kier molecular flexibility index (Phi) is 3.60. The normalized spacial score (nSPS) is 26.7.